The Balaban J connectivity index is 1.91. The summed E-state index contributed by atoms with van der Waals surface area (Å²) in [7, 11) is 0. The number of fused-ring (bicyclic) bond motifs is 1. The highest BCUT2D eigenvalue weighted by Gasteiger charge is 2.49. The van der Waals surface area contributed by atoms with Gasteiger partial charge in [0.05, 0.1) is 24.3 Å². The Labute approximate surface area is 155 Å². The zero-order valence-electron chi connectivity index (χ0n) is 15.1. The number of anilines is 2. The maximum atomic E-state index is 13.7. The van der Waals surface area contributed by atoms with Crippen LogP contribution in [0.15, 0.2) is 24.3 Å². The van der Waals surface area contributed by atoms with Gasteiger partial charge in [0.2, 0.25) is 11.8 Å². The quantitative estimate of drug-likeness (QED) is 0.835. The van der Waals surface area contributed by atoms with E-state index in [1.54, 1.807) is 12.1 Å². The van der Waals surface area contributed by atoms with E-state index in [4.69, 9.17) is 5.73 Å². The van der Waals surface area contributed by atoms with Crippen LogP contribution in [-0.4, -0.2) is 55.1 Å². The molecule has 0 bridgehead atoms. The highest BCUT2D eigenvalue weighted by molar-refractivity contribution is 6.05. The number of carbonyl (C=O) groups is 2. The zero-order valence-corrected chi connectivity index (χ0v) is 15.1. The average molecular weight is 384 g/mol. The molecule has 1 fully saturated rings. The lowest BCUT2D eigenvalue weighted by molar-refractivity contribution is -0.158. The van der Waals surface area contributed by atoms with Crippen LogP contribution in [0.4, 0.5) is 24.5 Å². The number of hydrogen-bond acceptors (Lipinski definition) is 4. The molecule has 148 valence electrons. The number of nitrogens with zero attached hydrogens (tertiary/aromatic N) is 2. The normalized spacial score (nSPS) is 26.5. The van der Waals surface area contributed by atoms with Gasteiger partial charge in [-0.15, -0.1) is 0 Å². The topological polar surface area (TPSA) is 78.7 Å². The molecule has 9 heteroatoms. The Kier molecular flexibility index (Phi) is 5.18. The summed E-state index contributed by atoms with van der Waals surface area (Å²) in [5.41, 5.74) is 5.90. The molecule has 1 aromatic rings. The number of para-hydroxylation sites is 2. The number of rotatable bonds is 3. The van der Waals surface area contributed by atoms with Gasteiger partial charge in [-0.3, -0.25) is 19.4 Å². The van der Waals surface area contributed by atoms with E-state index < -0.39 is 30.5 Å². The summed E-state index contributed by atoms with van der Waals surface area (Å²) in [6.45, 7) is 3.46. The van der Waals surface area contributed by atoms with E-state index in [1.165, 1.54) is 12.1 Å². The van der Waals surface area contributed by atoms with Crippen molar-refractivity contribution in [3.05, 3.63) is 24.3 Å². The smallest absolute Gasteiger partial charge is 0.330 e. The van der Waals surface area contributed by atoms with E-state index in [2.05, 4.69) is 5.32 Å². The molecule has 2 aliphatic heterocycles. The Morgan fingerprint density at radius 1 is 1.37 bits per heavy atom. The molecule has 27 heavy (non-hydrogen) atoms. The minimum absolute atomic E-state index is 0.0662. The van der Waals surface area contributed by atoms with E-state index in [9.17, 15) is 22.8 Å². The van der Waals surface area contributed by atoms with Gasteiger partial charge in [0, 0.05) is 6.54 Å². The van der Waals surface area contributed by atoms with E-state index in [-0.39, 0.29) is 23.3 Å². The second-order valence-corrected chi connectivity index (χ2v) is 7.57. The molecule has 3 rings (SSSR count). The van der Waals surface area contributed by atoms with Crippen molar-refractivity contribution >= 4 is 23.2 Å². The predicted molar refractivity (Wildman–Crippen MR) is 95.2 cm³/mol. The molecule has 2 aliphatic rings. The zero-order chi connectivity index (χ0) is 19.8. The van der Waals surface area contributed by atoms with Crippen LogP contribution in [0, 0.1) is 5.41 Å². The fraction of sp³-hybridized carbons (Fsp3) is 0.556. The first-order chi connectivity index (χ1) is 12.6. The van der Waals surface area contributed by atoms with Gasteiger partial charge in [-0.25, -0.2) is 0 Å². The fourth-order valence-electron chi connectivity index (χ4n) is 3.69. The van der Waals surface area contributed by atoms with Crippen molar-refractivity contribution in [1.82, 2.24) is 4.90 Å². The Bertz CT molecular complexity index is 740. The van der Waals surface area contributed by atoms with Crippen LogP contribution < -0.4 is 16.0 Å². The molecule has 0 aliphatic carbocycles. The molecule has 0 aromatic heterocycles. The average Bonchev–Trinajstić information content (AvgIpc) is 2.88. The molecule has 2 atom stereocenters. The Hall–Kier alpha value is -2.13. The molecular formula is C18H23F3N4O2. The second kappa shape index (κ2) is 7.12. The molecule has 0 saturated carbocycles. The summed E-state index contributed by atoms with van der Waals surface area (Å²) in [5.74, 6) is -1.44. The summed E-state index contributed by atoms with van der Waals surface area (Å²) in [5, 5.41) is 2.46. The molecule has 1 saturated heterocycles. The molecule has 0 radical (unpaired) electrons. The maximum absolute atomic E-state index is 13.7. The molecular weight excluding hydrogens is 361 g/mol. The number of nitrogens with two attached hydrogens (primary N) is 1. The number of benzene rings is 1. The van der Waals surface area contributed by atoms with Gasteiger partial charge in [0.1, 0.15) is 6.04 Å². The summed E-state index contributed by atoms with van der Waals surface area (Å²) >= 11 is 0. The number of nitrogens with one attached hydrogen (secondary N) is 1. The third kappa shape index (κ3) is 4.08. The fourth-order valence-corrected chi connectivity index (χ4v) is 3.69. The van der Waals surface area contributed by atoms with Crippen molar-refractivity contribution in [3.8, 4) is 0 Å². The van der Waals surface area contributed by atoms with Gasteiger partial charge < -0.3 is 11.1 Å². The van der Waals surface area contributed by atoms with Crippen molar-refractivity contribution < 1.29 is 22.8 Å². The Morgan fingerprint density at radius 3 is 2.70 bits per heavy atom. The third-order valence-electron chi connectivity index (χ3n) is 5.26. The second-order valence-electron chi connectivity index (χ2n) is 7.57. The minimum Gasteiger partial charge on any atom is -0.330 e. The highest BCUT2D eigenvalue weighted by Crippen LogP contribution is 2.38. The van der Waals surface area contributed by atoms with Gasteiger partial charge in [-0.2, -0.15) is 13.2 Å². The lowest BCUT2D eigenvalue weighted by atomic mass is 9.90. The molecule has 2 unspecified atom stereocenters. The SMILES string of the molecule is CC1(CN)CCN(CC(=O)N2c3ccccc3NC(=O)CC2C(F)(F)F)C1. The van der Waals surface area contributed by atoms with Crippen LogP contribution in [0.5, 0.6) is 0 Å². The third-order valence-corrected chi connectivity index (χ3v) is 5.26. The van der Waals surface area contributed by atoms with Crippen LogP contribution >= 0.6 is 0 Å². The van der Waals surface area contributed by atoms with Crippen molar-refractivity contribution in [2.75, 3.05) is 36.4 Å². The summed E-state index contributed by atoms with van der Waals surface area (Å²) in [6.07, 6.45) is -4.76. The van der Waals surface area contributed by atoms with Crippen molar-refractivity contribution in [1.29, 1.82) is 0 Å². The standard InChI is InChI=1S/C18H23F3N4O2/c1-17(10-22)6-7-24(11-17)9-16(27)25-13-5-3-2-4-12(13)23-15(26)8-14(25)18(19,20)21/h2-5,14H,6-11,22H2,1H3,(H,23,26). The number of alkyl halides is 3. The monoisotopic (exact) mass is 384 g/mol. The number of hydrogen-bond donors (Lipinski definition) is 2. The van der Waals surface area contributed by atoms with E-state index in [1.807, 2.05) is 11.8 Å². The number of halogens is 3. The van der Waals surface area contributed by atoms with Gasteiger partial charge >= 0.3 is 6.18 Å². The highest BCUT2D eigenvalue weighted by atomic mass is 19.4. The summed E-state index contributed by atoms with van der Waals surface area (Å²) in [6, 6.07) is 3.87. The van der Waals surface area contributed by atoms with E-state index >= 15 is 0 Å². The van der Waals surface area contributed by atoms with E-state index in [0.717, 1.165) is 11.3 Å². The van der Waals surface area contributed by atoms with Crippen LogP contribution in [0.1, 0.15) is 19.8 Å². The van der Waals surface area contributed by atoms with Crippen LogP contribution in [0.3, 0.4) is 0 Å². The summed E-state index contributed by atoms with van der Waals surface area (Å²) < 4.78 is 41.1. The Morgan fingerprint density at radius 2 is 2.07 bits per heavy atom. The van der Waals surface area contributed by atoms with Gasteiger partial charge in [-0.1, -0.05) is 19.1 Å². The summed E-state index contributed by atoms with van der Waals surface area (Å²) in [4.78, 5) is 27.5. The van der Waals surface area contributed by atoms with Gasteiger partial charge in [0.15, 0.2) is 0 Å². The van der Waals surface area contributed by atoms with Crippen LogP contribution in [0.25, 0.3) is 0 Å². The first-order valence-corrected chi connectivity index (χ1v) is 8.83. The minimum atomic E-state index is -4.72. The molecule has 2 amide bonds. The van der Waals surface area contributed by atoms with Crippen LogP contribution in [-0.2, 0) is 9.59 Å². The van der Waals surface area contributed by atoms with Gasteiger partial charge in [0.25, 0.3) is 0 Å². The first-order valence-electron chi connectivity index (χ1n) is 8.83. The molecule has 6 nitrogen and oxygen atoms in total. The maximum Gasteiger partial charge on any atom is 0.409 e. The van der Waals surface area contributed by atoms with Crippen molar-refractivity contribution in [2.24, 2.45) is 11.1 Å². The first kappa shape index (κ1) is 19.6. The van der Waals surface area contributed by atoms with Crippen LogP contribution in [0.2, 0.25) is 0 Å². The number of carbonyl (C=O) groups excluding carboxylic acids is 2. The molecule has 2 heterocycles. The molecule has 0 spiro atoms. The molecule has 1 aromatic carbocycles. The lowest BCUT2D eigenvalue weighted by Crippen LogP contribution is -2.52. The van der Waals surface area contributed by atoms with Crippen molar-refractivity contribution in [2.45, 2.75) is 32.0 Å². The largest absolute Gasteiger partial charge is 0.409 e. The predicted octanol–water partition coefficient (Wildman–Crippen LogP) is 1.96. The van der Waals surface area contributed by atoms with Crippen molar-refractivity contribution in [3.63, 3.8) is 0 Å². The number of likely N-dealkylation sites (tertiary alicyclic amines) is 1. The van der Waals surface area contributed by atoms with Gasteiger partial charge in [-0.05, 0) is 37.1 Å². The molecule has 3 N–H and O–H groups in total. The lowest BCUT2D eigenvalue weighted by Gasteiger charge is -2.33. The van der Waals surface area contributed by atoms with E-state index in [0.29, 0.717) is 19.6 Å². The number of amides is 2.